The maximum Gasteiger partial charge on any atom is 0.234 e. The molecular weight excluding hydrogens is 318 g/mol. The van der Waals surface area contributed by atoms with E-state index in [1.807, 2.05) is 79.7 Å². The van der Waals surface area contributed by atoms with E-state index in [1.54, 1.807) is 6.08 Å². The van der Waals surface area contributed by atoms with Gasteiger partial charge in [0.05, 0.1) is 0 Å². The van der Waals surface area contributed by atoms with E-state index < -0.39 is 10.0 Å². The molecule has 0 fully saturated rings. The van der Waals surface area contributed by atoms with E-state index in [4.69, 9.17) is 0 Å². The second-order valence-electron chi connectivity index (χ2n) is 5.70. The summed E-state index contributed by atoms with van der Waals surface area (Å²) in [6, 6.07) is 23.1. The highest BCUT2D eigenvalue weighted by Gasteiger charge is 2.13. The summed E-state index contributed by atoms with van der Waals surface area (Å²) in [5.41, 5.74) is 1.78. The molecule has 3 aromatic rings. The van der Waals surface area contributed by atoms with Crippen molar-refractivity contribution in [3.63, 3.8) is 0 Å². The maximum absolute atomic E-state index is 12.3. The van der Waals surface area contributed by atoms with Crippen molar-refractivity contribution >= 4 is 26.9 Å². The van der Waals surface area contributed by atoms with Crippen molar-refractivity contribution in [3.05, 3.63) is 89.3 Å². The topological polar surface area (TPSA) is 46.2 Å². The highest BCUT2D eigenvalue weighted by atomic mass is 32.2. The van der Waals surface area contributed by atoms with Crippen LogP contribution in [0.25, 0.3) is 16.8 Å². The van der Waals surface area contributed by atoms with Crippen LogP contribution in [0, 0.1) is 0 Å². The van der Waals surface area contributed by atoms with Gasteiger partial charge in [0.2, 0.25) is 10.0 Å². The number of rotatable bonds is 5. The smallest absolute Gasteiger partial charge is 0.208 e. The summed E-state index contributed by atoms with van der Waals surface area (Å²) in [6.07, 6.45) is 1.59. The molecule has 1 N–H and O–H groups in total. The second-order valence-corrected chi connectivity index (χ2v) is 7.30. The maximum atomic E-state index is 12.3. The van der Waals surface area contributed by atoms with Crippen LogP contribution in [0.1, 0.15) is 24.1 Å². The summed E-state index contributed by atoms with van der Waals surface area (Å²) >= 11 is 0. The van der Waals surface area contributed by atoms with Crippen molar-refractivity contribution in [1.82, 2.24) is 4.72 Å². The molecule has 0 radical (unpaired) electrons. The zero-order valence-electron chi connectivity index (χ0n) is 13.4. The summed E-state index contributed by atoms with van der Waals surface area (Å²) in [4.78, 5) is 0. The molecule has 3 rings (SSSR count). The molecule has 0 aliphatic rings. The molecule has 0 heterocycles. The van der Waals surface area contributed by atoms with E-state index in [9.17, 15) is 8.42 Å². The van der Waals surface area contributed by atoms with Crippen LogP contribution >= 0.6 is 0 Å². The average Bonchev–Trinajstić information content (AvgIpc) is 2.60. The molecule has 3 aromatic carbocycles. The van der Waals surface area contributed by atoms with E-state index in [0.29, 0.717) is 0 Å². The molecule has 1 atom stereocenters. The van der Waals surface area contributed by atoms with Crippen LogP contribution in [-0.2, 0) is 10.0 Å². The summed E-state index contributed by atoms with van der Waals surface area (Å²) in [6.45, 7) is 1.85. The summed E-state index contributed by atoms with van der Waals surface area (Å²) in [5.74, 6) is 0. The predicted octanol–water partition coefficient (Wildman–Crippen LogP) is 4.49. The number of hydrogen-bond donors (Lipinski definition) is 1. The number of sulfonamides is 1. The van der Waals surface area contributed by atoms with Crippen molar-refractivity contribution in [3.8, 4) is 0 Å². The Morgan fingerprint density at radius 2 is 1.54 bits per heavy atom. The molecule has 0 saturated heterocycles. The Bertz CT molecular complexity index is 963. The Labute approximate surface area is 142 Å². The molecule has 0 amide bonds. The van der Waals surface area contributed by atoms with Gasteiger partial charge >= 0.3 is 0 Å². The third-order valence-corrected chi connectivity index (χ3v) is 5.03. The quantitative estimate of drug-likeness (QED) is 0.745. The minimum Gasteiger partial charge on any atom is -0.208 e. The van der Waals surface area contributed by atoms with Crippen LogP contribution in [-0.4, -0.2) is 8.42 Å². The molecule has 0 bridgehead atoms. The predicted molar refractivity (Wildman–Crippen MR) is 99.9 cm³/mol. The van der Waals surface area contributed by atoms with Gasteiger partial charge in [-0.25, -0.2) is 13.1 Å². The van der Waals surface area contributed by atoms with E-state index in [-0.39, 0.29) is 6.04 Å². The normalized spacial score (nSPS) is 13.4. The van der Waals surface area contributed by atoms with E-state index in [1.165, 1.54) is 5.41 Å². The number of fused-ring (bicyclic) bond motifs is 1. The highest BCUT2D eigenvalue weighted by molar-refractivity contribution is 7.92. The van der Waals surface area contributed by atoms with Gasteiger partial charge in [-0.15, -0.1) is 0 Å². The zero-order chi connectivity index (χ0) is 17.0. The van der Waals surface area contributed by atoms with Crippen LogP contribution in [0.5, 0.6) is 0 Å². The van der Waals surface area contributed by atoms with Crippen LogP contribution in [0.15, 0.2) is 78.2 Å². The van der Waals surface area contributed by atoms with Crippen molar-refractivity contribution in [1.29, 1.82) is 0 Å². The van der Waals surface area contributed by atoms with Gasteiger partial charge in [0.15, 0.2) is 0 Å². The van der Waals surface area contributed by atoms with Gasteiger partial charge in [0.1, 0.15) is 0 Å². The molecule has 0 spiro atoms. The standard InChI is InChI=1S/C20H19NO2S/c1-16(19-12-11-18-9-5-6-10-20(18)15-19)21-24(22,23)14-13-17-7-3-2-4-8-17/h2-16,21H,1H3/b14-13+. The van der Waals surface area contributed by atoms with Gasteiger partial charge in [-0.05, 0) is 41.0 Å². The van der Waals surface area contributed by atoms with Gasteiger partial charge in [-0.2, -0.15) is 0 Å². The lowest BCUT2D eigenvalue weighted by Crippen LogP contribution is -2.24. The fourth-order valence-corrected chi connectivity index (χ4v) is 3.61. The zero-order valence-corrected chi connectivity index (χ0v) is 14.2. The van der Waals surface area contributed by atoms with Gasteiger partial charge in [0.25, 0.3) is 0 Å². The Kier molecular flexibility index (Phi) is 4.79. The lowest BCUT2D eigenvalue weighted by atomic mass is 10.0. The first kappa shape index (κ1) is 16.4. The molecule has 0 aromatic heterocycles. The first-order valence-corrected chi connectivity index (χ1v) is 9.32. The van der Waals surface area contributed by atoms with E-state index in [2.05, 4.69) is 4.72 Å². The summed E-state index contributed by atoms with van der Waals surface area (Å²) < 4.78 is 27.2. The highest BCUT2D eigenvalue weighted by Crippen LogP contribution is 2.21. The molecule has 0 aliphatic heterocycles. The van der Waals surface area contributed by atoms with Crippen molar-refractivity contribution in [2.45, 2.75) is 13.0 Å². The molecule has 1 unspecified atom stereocenters. The van der Waals surface area contributed by atoms with Crippen molar-refractivity contribution in [2.75, 3.05) is 0 Å². The minimum atomic E-state index is -3.51. The van der Waals surface area contributed by atoms with E-state index >= 15 is 0 Å². The van der Waals surface area contributed by atoms with Gasteiger partial charge in [0, 0.05) is 11.4 Å². The third kappa shape index (κ3) is 4.10. The van der Waals surface area contributed by atoms with Crippen molar-refractivity contribution < 1.29 is 8.42 Å². The lowest BCUT2D eigenvalue weighted by Gasteiger charge is -2.13. The Morgan fingerprint density at radius 3 is 2.29 bits per heavy atom. The monoisotopic (exact) mass is 337 g/mol. The SMILES string of the molecule is CC(NS(=O)(=O)/C=C/c1ccccc1)c1ccc2ccccc2c1. The van der Waals surface area contributed by atoms with E-state index in [0.717, 1.165) is 21.9 Å². The largest absolute Gasteiger partial charge is 0.234 e. The Hall–Kier alpha value is -2.43. The fourth-order valence-electron chi connectivity index (χ4n) is 2.56. The molecule has 24 heavy (non-hydrogen) atoms. The van der Waals surface area contributed by atoms with Crippen LogP contribution in [0.3, 0.4) is 0 Å². The average molecular weight is 337 g/mol. The summed E-state index contributed by atoms with van der Waals surface area (Å²) in [7, 11) is -3.51. The van der Waals surface area contributed by atoms with Gasteiger partial charge in [-0.1, -0.05) is 66.7 Å². The van der Waals surface area contributed by atoms with Crippen molar-refractivity contribution in [2.24, 2.45) is 0 Å². The molecule has 3 nitrogen and oxygen atoms in total. The van der Waals surface area contributed by atoms with Crippen LogP contribution in [0.2, 0.25) is 0 Å². The first-order chi connectivity index (χ1) is 11.5. The number of nitrogens with one attached hydrogen (secondary N) is 1. The summed E-state index contributed by atoms with van der Waals surface area (Å²) in [5, 5.41) is 3.45. The molecular formula is C20H19NO2S. The number of benzene rings is 3. The van der Waals surface area contributed by atoms with Gasteiger partial charge < -0.3 is 0 Å². The molecule has 4 heteroatoms. The van der Waals surface area contributed by atoms with Crippen LogP contribution in [0.4, 0.5) is 0 Å². The Morgan fingerprint density at radius 1 is 0.875 bits per heavy atom. The van der Waals surface area contributed by atoms with Gasteiger partial charge in [-0.3, -0.25) is 0 Å². The third-order valence-electron chi connectivity index (χ3n) is 3.85. The fraction of sp³-hybridized carbons (Fsp3) is 0.100. The molecule has 0 aliphatic carbocycles. The lowest BCUT2D eigenvalue weighted by molar-refractivity contribution is 0.576. The van der Waals surface area contributed by atoms with Crippen LogP contribution < -0.4 is 4.72 Å². The Balaban J connectivity index is 1.77. The first-order valence-electron chi connectivity index (χ1n) is 7.78. The molecule has 0 saturated carbocycles. The minimum absolute atomic E-state index is 0.306. The second kappa shape index (κ2) is 6.99. The number of hydrogen-bond acceptors (Lipinski definition) is 2. The molecule has 122 valence electrons.